The summed E-state index contributed by atoms with van der Waals surface area (Å²) in [5, 5.41) is 15.6. The van der Waals surface area contributed by atoms with Crippen molar-refractivity contribution in [2.75, 3.05) is 23.7 Å². The molecule has 0 spiro atoms. The van der Waals surface area contributed by atoms with Crippen LogP contribution >= 0.6 is 22.9 Å². The zero-order valence-electron chi connectivity index (χ0n) is 16.0. The van der Waals surface area contributed by atoms with Gasteiger partial charge in [0.05, 0.1) is 0 Å². The minimum Gasteiger partial charge on any atom is -0.324 e. The van der Waals surface area contributed by atoms with Gasteiger partial charge in [-0.15, -0.1) is 10.2 Å². The molecule has 0 saturated carbocycles. The molecular formula is C21H20ClN5O2S. The third kappa shape index (κ3) is 4.95. The molecule has 2 aromatic carbocycles. The number of hydrogen-bond donors (Lipinski definition) is 2. The number of hydrogen-bond acceptors (Lipinski definition) is 5. The lowest BCUT2D eigenvalue weighted by atomic mass is 9.99. The van der Waals surface area contributed by atoms with Crippen LogP contribution in [0.15, 0.2) is 54.6 Å². The number of rotatable bonds is 4. The Morgan fingerprint density at radius 1 is 1.03 bits per heavy atom. The molecule has 30 heavy (non-hydrogen) atoms. The van der Waals surface area contributed by atoms with Gasteiger partial charge in [-0.05, 0) is 43.2 Å². The van der Waals surface area contributed by atoms with Crippen LogP contribution in [0, 0.1) is 0 Å². The van der Waals surface area contributed by atoms with Crippen LogP contribution in [0.5, 0.6) is 0 Å². The van der Waals surface area contributed by atoms with Crippen molar-refractivity contribution in [1.29, 1.82) is 0 Å². The van der Waals surface area contributed by atoms with Gasteiger partial charge in [0, 0.05) is 35.4 Å². The van der Waals surface area contributed by atoms with Crippen LogP contribution in [0.25, 0.3) is 0 Å². The number of anilines is 2. The molecule has 7 nitrogen and oxygen atoms in total. The lowest BCUT2D eigenvalue weighted by molar-refractivity contribution is 0.102. The highest BCUT2D eigenvalue weighted by Crippen LogP contribution is 2.30. The van der Waals surface area contributed by atoms with E-state index in [1.54, 1.807) is 29.2 Å². The summed E-state index contributed by atoms with van der Waals surface area (Å²) in [5.74, 6) is -0.226. The first kappa shape index (κ1) is 20.3. The molecule has 3 amide bonds. The molecule has 0 radical (unpaired) electrons. The van der Waals surface area contributed by atoms with Crippen molar-refractivity contribution in [3.63, 3.8) is 0 Å². The maximum absolute atomic E-state index is 12.6. The number of amides is 3. The van der Waals surface area contributed by atoms with E-state index in [1.165, 1.54) is 11.3 Å². The van der Waals surface area contributed by atoms with Gasteiger partial charge in [-0.2, -0.15) is 0 Å². The summed E-state index contributed by atoms with van der Waals surface area (Å²) in [6, 6.07) is 16.1. The van der Waals surface area contributed by atoms with E-state index in [0.29, 0.717) is 34.5 Å². The van der Waals surface area contributed by atoms with Crippen LogP contribution in [0.4, 0.5) is 16.2 Å². The van der Waals surface area contributed by atoms with Gasteiger partial charge in [-0.1, -0.05) is 47.2 Å². The number of urea groups is 1. The SMILES string of the molecule is O=C(Nc1ccccc1)c1nnc([C@@H]2CCCN(C(=O)Nc3cccc(Cl)c3)C2)s1. The quantitative estimate of drug-likeness (QED) is 0.605. The highest BCUT2D eigenvalue weighted by Gasteiger charge is 2.28. The van der Waals surface area contributed by atoms with Crippen molar-refractivity contribution in [1.82, 2.24) is 15.1 Å². The number of piperidine rings is 1. The van der Waals surface area contributed by atoms with Gasteiger partial charge in [0.2, 0.25) is 5.01 Å². The fourth-order valence-corrected chi connectivity index (χ4v) is 4.38. The normalized spacial score (nSPS) is 16.2. The lowest BCUT2D eigenvalue weighted by Crippen LogP contribution is -2.41. The first-order valence-corrected chi connectivity index (χ1v) is 10.8. The molecule has 2 heterocycles. The predicted octanol–water partition coefficient (Wildman–Crippen LogP) is 4.86. The summed E-state index contributed by atoms with van der Waals surface area (Å²) in [4.78, 5) is 26.8. The van der Waals surface area contributed by atoms with Gasteiger partial charge in [-0.25, -0.2) is 4.79 Å². The predicted molar refractivity (Wildman–Crippen MR) is 118 cm³/mol. The Morgan fingerprint density at radius 3 is 2.63 bits per heavy atom. The molecular weight excluding hydrogens is 422 g/mol. The van der Waals surface area contributed by atoms with Crippen LogP contribution in [-0.2, 0) is 0 Å². The van der Waals surface area contributed by atoms with Crippen LogP contribution in [0.3, 0.4) is 0 Å². The van der Waals surface area contributed by atoms with E-state index in [1.807, 2.05) is 30.3 Å². The van der Waals surface area contributed by atoms with Gasteiger partial charge in [0.25, 0.3) is 5.91 Å². The third-order valence-corrected chi connectivity index (χ3v) is 6.12. The number of carbonyl (C=O) groups excluding carboxylic acids is 2. The standard InChI is InChI=1S/C21H20ClN5O2S/c22-15-7-4-10-17(12-15)24-21(29)27-11-5-6-14(13-27)19-25-26-20(30-19)18(28)23-16-8-2-1-3-9-16/h1-4,7-10,12,14H,5-6,11,13H2,(H,23,28)(H,24,29)/t14-/m1/s1. The van der Waals surface area contributed by atoms with Gasteiger partial charge in [-0.3, -0.25) is 4.79 Å². The molecule has 0 unspecified atom stereocenters. The highest BCUT2D eigenvalue weighted by molar-refractivity contribution is 7.13. The summed E-state index contributed by atoms with van der Waals surface area (Å²) < 4.78 is 0. The van der Waals surface area contributed by atoms with Gasteiger partial charge in [0.15, 0.2) is 0 Å². The first-order chi connectivity index (χ1) is 14.6. The van der Waals surface area contributed by atoms with Crippen molar-refractivity contribution in [3.05, 3.63) is 69.6 Å². The highest BCUT2D eigenvalue weighted by atomic mass is 35.5. The summed E-state index contributed by atoms with van der Waals surface area (Å²) in [7, 11) is 0. The van der Waals surface area contributed by atoms with E-state index in [9.17, 15) is 9.59 Å². The van der Waals surface area contributed by atoms with Gasteiger partial charge in [0.1, 0.15) is 5.01 Å². The minimum atomic E-state index is -0.281. The van der Waals surface area contributed by atoms with Crippen LogP contribution in [-0.4, -0.2) is 40.1 Å². The first-order valence-electron chi connectivity index (χ1n) is 9.60. The van der Waals surface area contributed by atoms with E-state index in [-0.39, 0.29) is 17.9 Å². The van der Waals surface area contributed by atoms with Crippen molar-refractivity contribution < 1.29 is 9.59 Å². The Morgan fingerprint density at radius 2 is 1.83 bits per heavy atom. The zero-order valence-corrected chi connectivity index (χ0v) is 17.6. The maximum Gasteiger partial charge on any atom is 0.321 e. The number of nitrogens with one attached hydrogen (secondary N) is 2. The Labute approximate surface area is 183 Å². The molecule has 1 fully saturated rings. The number of likely N-dealkylation sites (tertiary alicyclic amines) is 1. The summed E-state index contributed by atoms with van der Waals surface area (Å²) in [6.07, 6.45) is 1.76. The van der Waals surface area contributed by atoms with E-state index in [2.05, 4.69) is 20.8 Å². The number of halogens is 1. The van der Waals surface area contributed by atoms with Crippen molar-refractivity contribution in [2.45, 2.75) is 18.8 Å². The van der Waals surface area contributed by atoms with E-state index < -0.39 is 0 Å². The number of nitrogens with zero attached hydrogens (tertiary/aromatic N) is 3. The Kier molecular flexibility index (Phi) is 6.25. The van der Waals surface area contributed by atoms with Crippen LogP contribution in [0.1, 0.15) is 33.6 Å². The maximum atomic E-state index is 12.6. The molecule has 0 aliphatic carbocycles. The van der Waals surface area contributed by atoms with Crippen LogP contribution in [0.2, 0.25) is 5.02 Å². The average Bonchev–Trinajstić information content (AvgIpc) is 3.25. The van der Waals surface area contributed by atoms with E-state index in [0.717, 1.165) is 17.8 Å². The molecule has 2 N–H and O–H groups in total. The smallest absolute Gasteiger partial charge is 0.321 e. The Hall–Kier alpha value is -2.97. The largest absolute Gasteiger partial charge is 0.324 e. The molecule has 9 heteroatoms. The summed E-state index contributed by atoms with van der Waals surface area (Å²) in [6.45, 7) is 1.20. The monoisotopic (exact) mass is 441 g/mol. The van der Waals surface area contributed by atoms with Crippen molar-refractivity contribution in [3.8, 4) is 0 Å². The van der Waals surface area contributed by atoms with Gasteiger partial charge >= 0.3 is 6.03 Å². The molecule has 3 aromatic rings. The fourth-order valence-electron chi connectivity index (χ4n) is 3.33. The zero-order chi connectivity index (χ0) is 20.9. The third-order valence-electron chi connectivity index (χ3n) is 4.80. The van der Waals surface area contributed by atoms with E-state index in [4.69, 9.17) is 11.6 Å². The van der Waals surface area contributed by atoms with Gasteiger partial charge < -0.3 is 15.5 Å². The molecule has 1 aliphatic heterocycles. The second kappa shape index (κ2) is 9.23. The lowest BCUT2D eigenvalue weighted by Gasteiger charge is -2.31. The molecule has 1 aliphatic rings. The second-order valence-electron chi connectivity index (χ2n) is 6.99. The average molecular weight is 442 g/mol. The Balaban J connectivity index is 1.38. The fraction of sp³-hybridized carbons (Fsp3) is 0.238. The number of carbonyl (C=O) groups is 2. The minimum absolute atomic E-state index is 0.0552. The molecule has 154 valence electrons. The number of para-hydroxylation sites is 1. The molecule has 1 saturated heterocycles. The van der Waals surface area contributed by atoms with Crippen LogP contribution < -0.4 is 10.6 Å². The van der Waals surface area contributed by atoms with Crippen molar-refractivity contribution >= 4 is 46.3 Å². The topological polar surface area (TPSA) is 87.2 Å². The summed E-state index contributed by atoms with van der Waals surface area (Å²) in [5.41, 5.74) is 1.37. The molecule has 1 aromatic heterocycles. The van der Waals surface area contributed by atoms with E-state index >= 15 is 0 Å². The molecule has 1 atom stereocenters. The molecule has 0 bridgehead atoms. The Bertz CT molecular complexity index is 1040. The number of aromatic nitrogens is 2. The second-order valence-corrected chi connectivity index (χ2v) is 8.44. The van der Waals surface area contributed by atoms with Crippen molar-refractivity contribution in [2.24, 2.45) is 0 Å². The summed E-state index contributed by atoms with van der Waals surface area (Å²) >= 11 is 7.26. The number of benzene rings is 2. The molecule has 4 rings (SSSR count).